The Labute approximate surface area is 269 Å². The van der Waals surface area contributed by atoms with Gasteiger partial charge in [0.05, 0.1) is 17.9 Å². The molecule has 9 nitrogen and oxygen atoms in total. The first-order chi connectivity index (χ1) is 21.5. The molecule has 0 radical (unpaired) electrons. The smallest absolute Gasteiger partial charge is 0.281 e. The average molecular weight is 651 g/mol. The third-order valence-electron chi connectivity index (χ3n) is 9.92. The zero-order valence-electron chi connectivity index (χ0n) is 25.7. The van der Waals surface area contributed by atoms with Crippen LogP contribution in [0.25, 0.3) is 0 Å². The molecule has 1 N–H and O–H groups in total. The van der Waals surface area contributed by atoms with Crippen molar-refractivity contribution in [1.82, 2.24) is 9.71 Å². The molecule has 3 aliphatic heterocycles. The van der Waals surface area contributed by atoms with Crippen LogP contribution in [-0.4, -0.2) is 51.1 Å². The minimum atomic E-state index is -4.25. The summed E-state index contributed by atoms with van der Waals surface area (Å²) in [6.07, 6.45) is 4.43. The number of hydrogen-bond acceptors (Lipinski definition) is 8. The molecular formula is C34H39ClN4O5S. The number of benzene rings is 2. The van der Waals surface area contributed by atoms with E-state index >= 15 is 0 Å². The van der Waals surface area contributed by atoms with Crippen molar-refractivity contribution in [1.29, 1.82) is 0 Å². The lowest BCUT2D eigenvalue weighted by Crippen LogP contribution is -2.44. The number of amides is 1. The summed E-state index contributed by atoms with van der Waals surface area (Å²) in [5.74, 6) is 0.346. The number of sulfonamides is 1. The lowest BCUT2D eigenvalue weighted by Gasteiger charge is -2.39. The molecule has 0 bridgehead atoms. The van der Waals surface area contributed by atoms with Crippen molar-refractivity contribution in [2.45, 2.75) is 75.2 Å². The molecule has 7 rings (SSSR count). The fourth-order valence-corrected chi connectivity index (χ4v) is 7.94. The maximum atomic E-state index is 13.5. The molecule has 3 aromatic rings. The van der Waals surface area contributed by atoms with Gasteiger partial charge in [-0.2, -0.15) is 8.42 Å². The molecule has 1 saturated carbocycles. The molecule has 2 saturated heterocycles. The van der Waals surface area contributed by atoms with E-state index < -0.39 is 21.5 Å². The van der Waals surface area contributed by atoms with Crippen molar-refractivity contribution in [3.63, 3.8) is 0 Å². The zero-order valence-corrected chi connectivity index (χ0v) is 27.3. The molecule has 11 heteroatoms. The largest absolute Gasteiger partial charge is 0.475 e. The van der Waals surface area contributed by atoms with Crippen LogP contribution in [0.1, 0.15) is 63.5 Å². The summed E-state index contributed by atoms with van der Waals surface area (Å²) < 4.78 is 41.8. The fraction of sp³-hybridized carbons (Fsp3) is 0.471. The third kappa shape index (κ3) is 5.88. The van der Waals surface area contributed by atoms with Crippen LogP contribution in [0.3, 0.4) is 0 Å². The summed E-state index contributed by atoms with van der Waals surface area (Å²) in [4.78, 5) is 22.3. The number of nitrogens with one attached hydrogen (secondary N) is 1. The molecule has 3 fully saturated rings. The van der Waals surface area contributed by atoms with Gasteiger partial charge in [0, 0.05) is 50.1 Å². The van der Waals surface area contributed by atoms with Gasteiger partial charge in [0.15, 0.2) is 10.6 Å². The Hall–Kier alpha value is -3.34. The summed E-state index contributed by atoms with van der Waals surface area (Å²) in [7, 11) is -4.25. The Morgan fingerprint density at radius 1 is 0.911 bits per heavy atom. The fourth-order valence-electron chi connectivity index (χ4n) is 6.78. The Morgan fingerprint density at radius 3 is 2.36 bits per heavy atom. The Kier molecular flexibility index (Phi) is 7.53. The normalized spacial score (nSPS) is 21.3. The minimum Gasteiger partial charge on any atom is -0.475 e. The first kappa shape index (κ1) is 30.3. The standard InChI is InChI=1S/C34H39ClN4O5S/c1-32(2)14-18-38(19-15-32)27-11-10-25(35)22-28(27)44-34(12-13-34)31(40)37-45(41,42)30-9-5-8-29(36-30)39-20-16-33(17-21-39)26-7-4-3-6-24(26)23-43-33/h3-11,22H,12-21,23H2,1-2H3,(H,37,40). The Morgan fingerprint density at radius 2 is 1.62 bits per heavy atom. The Bertz CT molecular complexity index is 1720. The quantitative estimate of drug-likeness (QED) is 0.342. The number of carbonyl (C=O) groups is 1. The van der Waals surface area contributed by atoms with Crippen LogP contribution in [0, 0.1) is 5.41 Å². The number of rotatable bonds is 7. The van der Waals surface area contributed by atoms with E-state index in [-0.39, 0.29) is 16.0 Å². The maximum absolute atomic E-state index is 13.5. The topological polar surface area (TPSA) is 101 Å². The van der Waals surface area contributed by atoms with E-state index in [1.807, 2.05) is 24.3 Å². The lowest BCUT2D eigenvalue weighted by atomic mass is 9.82. The monoisotopic (exact) mass is 650 g/mol. The SMILES string of the molecule is CC1(C)CCN(c2ccc(Cl)cc2OC2(C(=O)NS(=O)(=O)c3cccc(N4CCC5(CC4)OCc4ccccc45)n3)CC2)CC1. The van der Waals surface area contributed by atoms with Crippen molar-refractivity contribution in [3.8, 4) is 5.75 Å². The lowest BCUT2D eigenvalue weighted by molar-refractivity contribution is -0.127. The first-order valence-electron chi connectivity index (χ1n) is 15.7. The highest BCUT2D eigenvalue weighted by Crippen LogP contribution is 2.46. The Balaban J connectivity index is 1.04. The van der Waals surface area contributed by atoms with Gasteiger partial charge in [-0.1, -0.05) is 55.8 Å². The second kappa shape index (κ2) is 11.2. The zero-order chi connectivity index (χ0) is 31.5. The van der Waals surface area contributed by atoms with Gasteiger partial charge in [-0.05, 0) is 66.5 Å². The molecule has 4 aliphatic rings. The molecule has 238 valence electrons. The second-order valence-electron chi connectivity index (χ2n) is 13.6. The van der Waals surface area contributed by atoms with E-state index in [1.165, 1.54) is 17.2 Å². The molecule has 45 heavy (non-hydrogen) atoms. The van der Waals surface area contributed by atoms with Crippen LogP contribution in [0.5, 0.6) is 5.75 Å². The number of ether oxygens (including phenoxy) is 2. The molecule has 1 aliphatic carbocycles. The third-order valence-corrected chi connectivity index (χ3v) is 11.4. The second-order valence-corrected chi connectivity index (χ2v) is 15.6. The van der Waals surface area contributed by atoms with Crippen molar-refractivity contribution in [2.75, 3.05) is 36.0 Å². The molecule has 4 heterocycles. The van der Waals surface area contributed by atoms with Gasteiger partial charge in [0.2, 0.25) is 0 Å². The number of halogens is 1. The molecule has 1 amide bonds. The summed E-state index contributed by atoms with van der Waals surface area (Å²) >= 11 is 6.34. The molecule has 2 aromatic carbocycles. The van der Waals surface area contributed by atoms with E-state index in [1.54, 1.807) is 18.2 Å². The van der Waals surface area contributed by atoms with Crippen LogP contribution in [0.4, 0.5) is 11.5 Å². The number of fused-ring (bicyclic) bond motifs is 2. The van der Waals surface area contributed by atoms with Gasteiger partial charge in [-0.15, -0.1) is 0 Å². The number of nitrogens with zero attached hydrogens (tertiary/aromatic N) is 3. The van der Waals surface area contributed by atoms with Crippen molar-refractivity contribution < 1.29 is 22.7 Å². The number of anilines is 2. The van der Waals surface area contributed by atoms with Gasteiger partial charge in [-0.3, -0.25) is 4.79 Å². The average Bonchev–Trinajstić information content (AvgIpc) is 3.73. The van der Waals surface area contributed by atoms with Crippen molar-refractivity contribution in [2.24, 2.45) is 5.41 Å². The number of pyridine rings is 1. The molecule has 0 unspecified atom stereocenters. The van der Waals surface area contributed by atoms with Crippen LogP contribution < -0.4 is 19.3 Å². The molecular weight excluding hydrogens is 612 g/mol. The first-order valence-corrected chi connectivity index (χ1v) is 17.6. The van der Waals surface area contributed by atoms with Crippen LogP contribution in [0.2, 0.25) is 5.02 Å². The number of aromatic nitrogens is 1. The van der Waals surface area contributed by atoms with Gasteiger partial charge < -0.3 is 19.3 Å². The van der Waals surface area contributed by atoms with Crippen LogP contribution in [0.15, 0.2) is 65.7 Å². The van der Waals surface area contributed by atoms with Gasteiger partial charge >= 0.3 is 0 Å². The summed E-state index contributed by atoms with van der Waals surface area (Å²) in [5.41, 5.74) is 2.02. The van der Waals surface area contributed by atoms with E-state index in [9.17, 15) is 13.2 Å². The van der Waals surface area contributed by atoms with Crippen LogP contribution in [-0.2, 0) is 31.8 Å². The summed E-state index contributed by atoms with van der Waals surface area (Å²) in [5, 5.41) is 0.287. The summed E-state index contributed by atoms with van der Waals surface area (Å²) in [6, 6.07) is 18.6. The van der Waals surface area contributed by atoms with E-state index in [4.69, 9.17) is 21.1 Å². The molecule has 1 aromatic heterocycles. The maximum Gasteiger partial charge on any atom is 0.281 e. The van der Waals surface area contributed by atoms with E-state index in [0.29, 0.717) is 49.1 Å². The van der Waals surface area contributed by atoms with Gasteiger partial charge in [0.25, 0.3) is 15.9 Å². The predicted molar refractivity (Wildman–Crippen MR) is 173 cm³/mol. The highest BCUT2D eigenvalue weighted by Gasteiger charge is 2.55. The summed E-state index contributed by atoms with van der Waals surface area (Å²) in [6.45, 7) is 8.21. The van der Waals surface area contributed by atoms with E-state index in [0.717, 1.165) is 44.5 Å². The van der Waals surface area contributed by atoms with E-state index in [2.05, 4.69) is 45.5 Å². The predicted octanol–water partition coefficient (Wildman–Crippen LogP) is 5.80. The number of carbonyl (C=O) groups excluding carboxylic acids is 1. The van der Waals surface area contributed by atoms with Gasteiger partial charge in [-0.25, -0.2) is 9.71 Å². The molecule has 0 atom stereocenters. The van der Waals surface area contributed by atoms with Crippen molar-refractivity contribution >= 4 is 39.0 Å². The number of piperidine rings is 2. The van der Waals surface area contributed by atoms with Crippen molar-refractivity contribution in [3.05, 3.63) is 76.8 Å². The van der Waals surface area contributed by atoms with Gasteiger partial charge in [0.1, 0.15) is 11.6 Å². The van der Waals surface area contributed by atoms with Crippen LogP contribution >= 0.6 is 11.6 Å². The highest BCUT2D eigenvalue weighted by atomic mass is 35.5. The molecule has 1 spiro atoms. The minimum absolute atomic E-state index is 0.203. The highest BCUT2D eigenvalue weighted by molar-refractivity contribution is 7.90. The number of hydrogen-bond donors (Lipinski definition) is 1.